The monoisotopic (exact) mass is 115 g/mol. The molecule has 0 unspecified atom stereocenters. The van der Waals surface area contributed by atoms with Gasteiger partial charge in [0.25, 0.3) is 0 Å². The van der Waals surface area contributed by atoms with Crippen LogP contribution < -0.4 is 0 Å². The quantitative estimate of drug-likeness (QED) is 0.378. The van der Waals surface area contributed by atoms with Gasteiger partial charge < -0.3 is 4.48 Å². The summed E-state index contributed by atoms with van der Waals surface area (Å²) < 4.78 is 0.831. The van der Waals surface area contributed by atoms with Gasteiger partial charge in [-0.1, -0.05) is 13.8 Å². The lowest BCUT2D eigenvalue weighted by atomic mass is 10.2. The molecule has 0 heterocycles. The number of hydrogen-bond acceptors (Lipinski definition) is 0. The smallest absolute Gasteiger partial charge is 0.0564 e. The van der Waals surface area contributed by atoms with Crippen molar-refractivity contribution in [2.24, 2.45) is 5.92 Å². The van der Waals surface area contributed by atoms with Crippen LogP contribution in [0.3, 0.4) is 0 Å². The standard InChI is InChI=1S/C7H17N/c1-7(2)6-8(3,4)5/h7H,3,6H2,1-2,4-5H3. The lowest BCUT2D eigenvalue weighted by molar-refractivity contribution is -0.848. The first-order valence-corrected chi connectivity index (χ1v) is 3.09. The molecule has 0 saturated heterocycles. The molecule has 0 aliphatic heterocycles. The Labute approximate surface area is 52.9 Å². The van der Waals surface area contributed by atoms with Crippen molar-refractivity contribution in [2.45, 2.75) is 13.8 Å². The Balaban J connectivity index is 3.39. The van der Waals surface area contributed by atoms with Gasteiger partial charge in [-0.25, -0.2) is 0 Å². The van der Waals surface area contributed by atoms with E-state index in [4.69, 9.17) is 0 Å². The molecule has 0 atom stereocenters. The van der Waals surface area contributed by atoms with E-state index >= 15 is 0 Å². The summed E-state index contributed by atoms with van der Waals surface area (Å²) in [6.45, 7) is 5.58. The highest BCUT2D eigenvalue weighted by molar-refractivity contribution is 4.38. The van der Waals surface area contributed by atoms with Gasteiger partial charge in [-0.2, -0.15) is 0 Å². The molecule has 0 aliphatic carbocycles. The van der Waals surface area contributed by atoms with Crippen molar-refractivity contribution in [3.8, 4) is 0 Å². The second-order valence-corrected chi connectivity index (χ2v) is 3.51. The topological polar surface area (TPSA) is 0 Å². The van der Waals surface area contributed by atoms with Crippen molar-refractivity contribution in [2.75, 3.05) is 20.6 Å². The van der Waals surface area contributed by atoms with Crippen LogP contribution in [0.1, 0.15) is 13.8 Å². The lowest BCUT2D eigenvalue weighted by Crippen LogP contribution is -2.35. The summed E-state index contributed by atoms with van der Waals surface area (Å²) in [5.74, 6) is 0.752. The summed E-state index contributed by atoms with van der Waals surface area (Å²) in [5.41, 5.74) is 0. The Morgan fingerprint density at radius 3 is 1.75 bits per heavy atom. The van der Waals surface area contributed by atoms with Crippen molar-refractivity contribution >= 4 is 0 Å². The molecule has 1 nitrogen and oxygen atoms in total. The Morgan fingerprint density at radius 1 is 1.38 bits per heavy atom. The minimum absolute atomic E-state index is 0.752. The van der Waals surface area contributed by atoms with Gasteiger partial charge in [-0.05, 0) is 0 Å². The highest BCUT2D eigenvalue weighted by atomic mass is 15.3. The Morgan fingerprint density at radius 2 is 1.75 bits per heavy atom. The molecule has 0 amide bonds. The second-order valence-electron chi connectivity index (χ2n) is 3.51. The molecule has 0 N–H and O–H groups in total. The fraction of sp³-hybridized carbons (Fsp3) is 0.857. The first kappa shape index (κ1) is 7.96. The SMILES string of the molecule is [CH2-][N+](C)(C)CC(C)C. The van der Waals surface area contributed by atoms with E-state index < -0.39 is 0 Å². The molecule has 0 rings (SSSR count). The third-order valence-corrected chi connectivity index (χ3v) is 0.859. The van der Waals surface area contributed by atoms with E-state index in [1.165, 1.54) is 0 Å². The largest absolute Gasteiger partial charge is 0.462 e. The molecule has 1 heteroatoms. The molecular weight excluding hydrogens is 98.1 g/mol. The van der Waals surface area contributed by atoms with Crippen LogP contribution in [0.25, 0.3) is 0 Å². The fourth-order valence-corrected chi connectivity index (χ4v) is 0.988. The molecule has 0 fully saturated rings. The summed E-state index contributed by atoms with van der Waals surface area (Å²) in [4.78, 5) is 0. The fourth-order valence-electron chi connectivity index (χ4n) is 0.988. The van der Waals surface area contributed by atoms with Crippen molar-refractivity contribution in [1.82, 2.24) is 0 Å². The zero-order valence-corrected chi connectivity index (χ0v) is 6.44. The van der Waals surface area contributed by atoms with Crippen molar-refractivity contribution in [3.05, 3.63) is 7.05 Å². The number of nitrogens with zero attached hydrogens (tertiary/aromatic N) is 1. The molecule has 0 aromatic carbocycles. The molecule has 0 aromatic heterocycles. The zero-order valence-electron chi connectivity index (χ0n) is 6.44. The molecule has 0 saturated carbocycles. The van der Waals surface area contributed by atoms with Crippen molar-refractivity contribution < 1.29 is 4.48 Å². The summed E-state index contributed by atoms with van der Waals surface area (Å²) in [7, 11) is 8.17. The van der Waals surface area contributed by atoms with E-state index in [1.54, 1.807) is 0 Å². The van der Waals surface area contributed by atoms with E-state index in [1.807, 2.05) is 0 Å². The summed E-state index contributed by atoms with van der Waals surface area (Å²) in [5, 5.41) is 0. The van der Waals surface area contributed by atoms with Crippen LogP contribution in [-0.2, 0) is 0 Å². The number of quaternary nitrogens is 1. The average Bonchev–Trinajstić information content (AvgIpc) is 1.21. The molecular formula is C7H17N. The summed E-state index contributed by atoms with van der Waals surface area (Å²) in [6.07, 6.45) is 0. The van der Waals surface area contributed by atoms with Crippen molar-refractivity contribution in [1.29, 1.82) is 0 Å². The van der Waals surface area contributed by atoms with Crippen LogP contribution in [0.2, 0.25) is 0 Å². The van der Waals surface area contributed by atoms with Gasteiger partial charge in [0.2, 0.25) is 0 Å². The minimum atomic E-state index is 0.752. The molecule has 0 aromatic rings. The van der Waals surface area contributed by atoms with E-state index in [-0.39, 0.29) is 0 Å². The van der Waals surface area contributed by atoms with E-state index in [2.05, 4.69) is 35.0 Å². The first-order chi connectivity index (χ1) is 3.42. The minimum Gasteiger partial charge on any atom is -0.462 e. The van der Waals surface area contributed by atoms with Gasteiger partial charge >= 0.3 is 0 Å². The van der Waals surface area contributed by atoms with Gasteiger partial charge in [-0.3, -0.25) is 0 Å². The molecule has 8 heavy (non-hydrogen) atoms. The Kier molecular flexibility index (Phi) is 2.48. The number of rotatable bonds is 2. The van der Waals surface area contributed by atoms with Gasteiger partial charge in [0, 0.05) is 20.0 Å². The van der Waals surface area contributed by atoms with E-state index in [0.717, 1.165) is 16.9 Å². The maximum absolute atomic E-state index is 3.95. The highest BCUT2D eigenvalue weighted by Crippen LogP contribution is 2.00. The Hall–Kier alpha value is -0.0400. The molecule has 0 spiro atoms. The van der Waals surface area contributed by atoms with Gasteiger partial charge in [0.05, 0.1) is 6.54 Å². The van der Waals surface area contributed by atoms with Crippen LogP contribution in [0, 0.1) is 13.0 Å². The zero-order chi connectivity index (χ0) is 6.78. The maximum Gasteiger partial charge on any atom is 0.0564 e. The van der Waals surface area contributed by atoms with Crippen LogP contribution in [0.15, 0.2) is 0 Å². The predicted molar refractivity (Wildman–Crippen MR) is 37.2 cm³/mol. The normalized spacial score (nSPS) is 12.8. The number of hydrogen-bond donors (Lipinski definition) is 0. The average molecular weight is 115 g/mol. The molecule has 0 aliphatic rings. The van der Waals surface area contributed by atoms with E-state index in [0.29, 0.717) is 0 Å². The van der Waals surface area contributed by atoms with Gasteiger partial charge in [0.1, 0.15) is 0 Å². The van der Waals surface area contributed by atoms with Crippen LogP contribution in [0.4, 0.5) is 0 Å². The first-order valence-electron chi connectivity index (χ1n) is 3.09. The predicted octanol–water partition coefficient (Wildman–Crippen LogP) is 1.51. The van der Waals surface area contributed by atoms with Crippen LogP contribution in [-0.4, -0.2) is 25.1 Å². The highest BCUT2D eigenvalue weighted by Gasteiger charge is 2.02. The molecule has 50 valence electrons. The summed E-state index contributed by atoms with van der Waals surface area (Å²) >= 11 is 0. The van der Waals surface area contributed by atoms with Gasteiger partial charge in [0.15, 0.2) is 0 Å². The molecule has 0 radical (unpaired) electrons. The third-order valence-electron chi connectivity index (χ3n) is 0.859. The van der Waals surface area contributed by atoms with E-state index in [9.17, 15) is 0 Å². The Bertz CT molecular complexity index is 59.3. The lowest BCUT2D eigenvalue weighted by Gasteiger charge is -2.34. The van der Waals surface area contributed by atoms with Crippen molar-refractivity contribution in [3.63, 3.8) is 0 Å². The van der Waals surface area contributed by atoms with Crippen LogP contribution in [0.5, 0.6) is 0 Å². The second kappa shape index (κ2) is 2.49. The maximum atomic E-state index is 3.95. The molecule has 0 bridgehead atoms. The third kappa shape index (κ3) is 5.96. The van der Waals surface area contributed by atoms with Crippen LogP contribution >= 0.6 is 0 Å². The summed E-state index contributed by atoms with van der Waals surface area (Å²) in [6, 6.07) is 0. The van der Waals surface area contributed by atoms with Gasteiger partial charge in [-0.15, -0.1) is 7.05 Å².